The SMILES string of the molecule is CC(C)(C)COC(=O)NC(Cc1ccc2occ(CCCNc3ccccn3)c(=O)c2c1)C(=O)O. The van der Waals surface area contributed by atoms with Gasteiger partial charge in [0, 0.05) is 24.7 Å². The molecule has 2 heterocycles. The lowest BCUT2D eigenvalue weighted by Gasteiger charge is -2.20. The number of amides is 1. The van der Waals surface area contributed by atoms with E-state index in [-0.39, 0.29) is 23.9 Å². The summed E-state index contributed by atoms with van der Waals surface area (Å²) in [6.07, 6.45) is 3.59. The van der Waals surface area contributed by atoms with Crippen molar-refractivity contribution in [3.8, 4) is 0 Å². The van der Waals surface area contributed by atoms with E-state index in [9.17, 15) is 19.5 Å². The van der Waals surface area contributed by atoms with Gasteiger partial charge in [0.1, 0.15) is 17.4 Å². The number of aryl methyl sites for hydroxylation is 1. The average molecular weight is 482 g/mol. The van der Waals surface area contributed by atoms with Gasteiger partial charge in [0.25, 0.3) is 0 Å². The molecule has 0 fully saturated rings. The van der Waals surface area contributed by atoms with E-state index in [1.165, 1.54) is 6.26 Å². The number of fused-ring (bicyclic) bond motifs is 1. The molecule has 35 heavy (non-hydrogen) atoms. The lowest BCUT2D eigenvalue weighted by atomic mass is 9.99. The fourth-order valence-electron chi connectivity index (χ4n) is 3.38. The monoisotopic (exact) mass is 481 g/mol. The number of carboxylic acids is 1. The largest absolute Gasteiger partial charge is 0.480 e. The number of hydrogen-bond donors (Lipinski definition) is 3. The van der Waals surface area contributed by atoms with E-state index in [0.717, 1.165) is 5.82 Å². The van der Waals surface area contributed by atoms with Crippen LogP contribution >= 0.6 is 0 Å². The predicted octanol–water partition coefficient (Wildman–Crippen LogP) is 4.00. The van der Waals surface area contributed by atoms with Crippen molar-refractivity contribution < 1.29 is 23.8 Å². The van der Waals surface area contributed by atoms with Crippen molar-refractivity contribution in [2.45, 2.75) is 46.1 Å². The van der Waals surface area contributed by atoms with Crippen LogP contribution in [0.4, 0.5) is 10.6 Å². The Morgan fingerprint density at radius 1 is 1.20 bits per heavy atom. The number of benzene rings is 1. The third kappa shape index (κ3) is 7.84. The first-order valence-corrected chi connectivity index (χ1v) is 11.5. The number of alkyl carbamates (subject to hydrolysis) is 1. The highest BCUT2D eigenvalue weighted by molar-refractivity contribution is 5.81. The quantitative estimate of drug-likeness (QED) is 0.370. The number of anilines is 1. The fraction of sp³-hybridized carbons (Fsp3) is 0.385. The van der Waals surface area contributed by atoms with E-state index in [4.69, 9.17) is 9.15 Å². The molecule has 0 saturated heterocycles. The minimum absolute atomic E-state index is 0.00639. The number of carbonyl (C=O) groups is 2. The predicted molar refractivity (Wildman–Crippen MR) is 133 cm³/mol. The molecule has 3 aromatic rings. The number of ether oxygens (including phenoxy) is 1. The summed E-state index contributed by atoms with van der Waals surface area (Å²) in [5, 5.41) is 15.5. The van der Waals surface area contributed by atoms with E-state index in [1.54, 1.807) is 24.4 Å². The van der Waals surface area contributed by atoms with Gasteiger partial charge < -0.3 is 24.9 Å². The van der Waals surface area contributed by atoms with Crippen molar-refractivity contribution in [1.82, 2.24) is 10.3 Å². The first-order valence-electron chi connectivity index (χ1n) is 11.5. The van der Waals surface area contributed by atoms with Crippen molar-refractivity contribution in [3.05, 3.63) is 70.2 Å². The Morgan fingerprint density at radius 3 is 2.69 bits per heavy atom. The molecule has 0 radical (unpaired) electrons. The highest BCUT2D eigenvalue weighted by atomic mass is 16.5. The molecule has 1 atom stereocenters. The van der Waals surface area contributed by atoms with Crippen LogP contribution in [-0.4, -0.2) is 41.3 Å². The van der Waals surface area contributed by atoms with Crippen molar-refractivity contribution >= 4 is 28.8 Å². The number of carbonyl (C=O) groups excluding carboxylic acids is 1. The number of rotatable bonds is 10. The van der Waals surface area contributed by atoms with E-state index in [1.807, 2.05) is 39.0 Å². The third-order valence-electron chi connectivity index (χ3n) is 5.17. The molecule has 9 nitrogen and oxygen atoms in total. The maximum absolute atomic E-state index is 13.0. The van der Waals surface area contributed by atoms with Gasteiger partial charge in [-0.2, -0.15) is 0 Å². The third-order valence-corrected chi connectivity index (χ3v) is 5.17. The number of aromatic nitrogens is 1. The zero-order chi connectivity index (χ0) is 25.4. The molecule has 3 rings (SSSR count). The Morgan fingerprint density at radius 2 is 2.00 bits per heavy atom. The number of nitrogens with one attached hydrogen (secondary N) is 2. The number of carboxylic acid groups (broad SMARTS) is 1. The molecule has 9 heteroatoms. The van der Waals surface area contributed by atoms with Gasteiger partial charge in [0.05, 0.1) is 18.3 Å². The minimum Gasteiger partial charge on any atom is -0.480 e. The van der Waals surface area contributed by atoms with E-state index < -0.39 is 18.1 Å². The normalized spacial score (nSPS) is 12.2. The van der Waals surface area contributed by atoms with Crippen LogP contribution in [0.1, 0.15) is 38.3 Å². The summed E-state index contributed by atoms with van der Waals surface area (Å²) in [5.74, 6) is -0.425. The fourth-order valence-corrected chi connectivity index (χ4v) is 3.38. The molecule has 1 aromatic carbocycles. The molecule has 3 N–H and O–H groups in total. The van der Waals surface area contributed by atoms with E-state index >= 15 is 0 Å². The highest BCUT2D eigenvalue weighted by Crippen LogP contribution is 2.17. The topological polar surface area (TPSA) is 131 Å². The van der Waals surface area contributed by atoms with Crippen molar-refractivity contribution in [2.75, 3.05) is 18.5 Å². The molecule has 2 aromatic heterocycles. The molecule has 1 unspecified atom stereocenters. The zero-order valence-corrected chi connectivity index (χ0v) is 20.2. The molecule has 0 saturated carbocycles. The Bertz CT molecular complexity index is 1220. The van der Waals surface area contributed by atoms with Crippen LogP contribution in [0.5, 0.6) is 0 Å². The summed E-state index contributed by atoms with van der Waals surface area (Å²) in [4.78, 5) is 41.0. The van der Waals surface area contributed by atoms with Crippen LogP contribution in [0.25, 0.3) is 11.0 Å². The Kier molecular flexibility index (Phi) is 8.46. The number of hydrogen-bond acceptors (Lipinski definition) is 7. The molecule has 0 spiro atoms. The van der Waals surface area contributed by atoms with Crippen LogP contribution in [-0.2, 0) is 22.4 Å². The Labute approximate surface area is 203 Å². The number of aliphatic carboxylic acids is 1. The summed E-state index contributed by atoms with van der Waals surface area (Å²) < 4.78 is 10.8. The van der Waals surface area contributed by atoms with Crippen LogP contribution in [0.15, 0.2) is 58.1 Å². The molecule has 0 aliphatic rings. The van der Waals surface area contributed by atoms with Crippen molar-refractivity contribution in [3.63, 3.8) is 0 Å². The molecule has 186 valence electrons. The van der Waals surface area contributed by atoms with Gasteiger partial charge in [-0.1, -0.05) is 32.9 Å². The summed E-state index contributed by atoms with van der Waals surface area (Å²) in [6, 6.07) is 9.34. The maximum atomic E-state index is 13.0. The Hall–Kier alpha value is -3.88. The molecule has 1 amide bonds. The van der Waals surface area contributed by atoms with Gasteiger partial charge in [0.2, 0.25) is 0 Å². The maximum Gasteiger partial charge on any atom is 0.407 e. The van der Waals surface area contributed by atoms with Crippen LogP contribution in [0.3, 0.4) is 0 Å². The average Bonchev–Trinajstić information content (AvgIpc) is 2.82. The van der Waals surface area contributed by atoms with Gasteiger partial charge in [-0.15, -0.1) is 0 Å². The smallest absolute Gasteiger partial charge is 0.407 e. The lowest BCUT2D eigenvalue weighted by molar-refractivity contribution is -0.139. The van der Waals surface area contributed by atoms with E-state index in [2.05, 4.69) is 15.6 Å². The lowest BCUT2D eigenvalue weighted by Crippen LogP contribution is -2.43. The molecule has 0 aliphatic heterocycles. The van der Waals surface area contributed by atoms with Crippen LogP contribution < -0.4 is 16.1 Å². The van der Waals surface area contributed by atoms with Gasteiger partial charge in [-0.3, -0.25) is 4.79 Å². The van der Waals surface area contributed by atoms with Crippen molar-refractivity contribution in [2.24, 2.45) is 5.41 Å². The van der Waals surface area contributed by atoms with E-state index in [0.29, 0.717) is 41.5 Å². The Balaban J connectivity index is 1.66. The van der Waals surface area contributed by atoms with Gasteiger partial charge in [0.15, 0.2) is 5.43 Å². The first-order chi connectivity index (χ1) is 16.6. The molecule has 0 aliphatic carbocycles. The summed E-state index contributed by atoms with van der Waals surface area (Å²) in [7, 11) is 0. The molecular formula is C26H31N3O6. The second kappa shape index (κ2) is 11.5. The minimum atomic E-state index is -1.20. The van der Waals surface area contributed by atoms with Crippen LogP contribution in [0.2, 0.25) is 0 Å². The van der Waals surface area contributed by atoms with Crippen molar-refractivity contribution in [1.29, 1.82) is 0 Å². The standard InChI is InChI=1S/C26H31N3O6/c1-26(2,3)16-35-25(33)29-20(24(31)32)14-17-9-10-21-19(13-17)23(30)18(15-34-21)7-6-12-28-22-8-4-5-11-27-22/h4-5,8-11,13,15,20H,6-7,12,14,16H2,1-3H3,(H,27,28)(H,29,33)(H,31,32). The summed E-state index contributed by atoms with van der Waals surface area (Å²) >= 11 is 0. The number of nitrogens with zero attached hydrogens (tertiary/aromatic N) is 1. The summed E-state index contributed by atoms with van der Waals surface area (Å²) in [5.41, 5.74) is 1.14. The molecular weight excluding hydrogens is 450 g/mol. The van der Waals surface area contributed by atoms with Gasteiger partial charge in [-0.25, -0.2) is 14.6 Å². The molecule has 0 bridgehead atoms. The van der Waals surface area contributed by atoms with Crippen LogP contribution in [0, 0.1) is 5.41 Å². The zero-order valence-electron chi connectivity index (χ0n) is 20.2. The second-order valence-corrected chi connectivity index (χ2v) is 9.54. The highest BCUT2D eigenvalue weighted by Gasteiger charge is 2.23. The van der Waals surface area contributed by atoms with Gasteiger partial charge in [-0.05, 0) is 48.1 Å². The first kappa shape index (κ1) is 25.7. The second-order valence-electron chi connectivity index (χ2n) is 9.54. The van der Waals surface area contributed by atoms with Gasteiger partial charge >= 0.3 is 12.1 Å². The number of pyridine rings is 1. The summed E-state index contributed by atoms with van der Waals surface area (Å²) in [6.45, 7) is 6.51.